The number of hydrogen-bond acceptors (Lipinski definition) is 2. The van der Waals surface area contributed by atoms with E-state index in [0.29, 0.717) is 0 Å². The third-order valence-corrected chi connectivity index (χ3v) is 1.81. The van der Waals surface area contributed by atoms with E-state index in [9.17, 15) is 0 Å². The Kier molecular flexibility index (Phi) is 2.81. The molecule has 1 heterocycles. The Hall–Kier alpha value is -0.765. The van der Waals surface area contributed by atoms with E-state index >= 15 is 0 Å². The summed E-state index contributed by atoms with van der Waals surface area (Å²) >= 11 is 0. The van der Waals surface area contributed by atoms with E-state index in [0.717, 1.165) is 5.59 Å². The van der Waals surface area contributed by atoms with Crippen LogP contribution in [-0.4, -0.2) is 22.3 Å². The van der Waals surface area contributed by atoms with Crippen molar-refractivity contribution in [3.63, 3.8) is 0 Å². The lowest BCUT2D eigenvalue weighted by Crippen LogP contribution is -2.41. The van der Waals surface area contributed by atoms with Gasteiger partial charge in [-0.15, -0.1) is 0 Å². The lowest BCUT2D eigenvalue weighted by Gasteiger charge is -2.23. The number of aromatic nitrogens is 2. The molecule has 0 aromatic carbocycles. The minimum Gasteiger partial charge on any atom is -0.425 e. The van der Waals surface area contributed by atoms with E-state index in [1.54, 1.807) is 6.20 Å². The molecule has 0 spiro atoms. The van der Waals surface area contributed by atoms with E-state index in [4.69, 9.17) is 4.65 Å². The highest BCUT2D eigenvalue weighted by molar-refractivity contribution is 6.65. The third kappa shape index (κ3) is 2.88. The van der Waals surface area contributed by atoms with Gasteiger partial charge in [-0.1, -0.05) is 6.82 Å². The molecule has 0 unspecified atom stereocenters. The van der Waals surface area contributed by atoms with Gasteiger partial charge in [-0.05, 0) is 26.8 Å². The second-order valence-electron chi connectivity index (χ2n) is 4.25. The van der Waals surface area contributed by atoms with E-state index in [1.807, 2.05) is 24.6 Å². The van der Waals surface area contributed by atoms with Crippen LogP contribution in [0.4, 0.5) is 0 Å². The molecule has 1 aromatic rings. The minimum atomic E-state index is -0.107. The van der Waals surface area contributed by atoms with Gasteiger partial charge >= 0.3 is 6.92 Å². The molecule has 0 aliphatic carbocycles. The molecule has 72 valence electrons. The van der Waals surface area contributed by atoms with Gasteiger partial charge in [-0.3, -0.25) is 4.68 Å². The van der Waals surface area contributed by atoms with Gasteiger partial charge in [0.15, 0.2) is 0 Å². The van der Waals surface area contributed by atoms with Gasteiger partial charge in [0.1, 0.15) is 0 Å². The fourth-order valence-electron chi connectivity index (χ4n) is 1.37. The van der Waals surface area contributed by atoms with E-state index < -0.39 is 0 Å². The van der Waals surface area contributed by atoms with Crippen molar-refractivity contribution in [3.05, 3.63) is 12.3 Å². The van der Waals surface area contributed by atoms with Crippen molar-refractivity contribution in [2.45, 2.75) is 33.2 Å². The quantitative estimate of drug-likeness (QED) is 0.636. The summed E-state index contributed by atoms with van der Waals surface area (Å²) in [6, 6.07) is 1.98. The molecule has 0 saturated heterocycles. The topological polar surface area (TPSA) is 27.1 Å². The predicted molar refractivity (Wildman–Crippen MR) is 55.3 cm³/mol. The molecule has 1 rings (SSSR count). The molecule has 4 heteroatoms. The molecule has 0 aliphatic rings. The highest BCUT2D eigenvalue weighted by atomic mass is 16.5. The highest BCUT2D eigenvalue weighted by Crippen LogP contribution is 2.08. The number of nitrogens with zero attached hydrogens (tertiary/aromatic N) is 2. The summed E-state index contributed by atoms with van der Waals surface area (Å²) < 4.78 is 7.65. The van der Waals surface area contributed by atoms with Crippen LogP contribution in [0.1, 0.15) is 20.8 Å². The molecule has 0 saturated carbocycles. The lowest BCUT2D eigenvalue weighted by molar-refractivity contribution is 0.133. The summed E-state index contributed by atoms with van der Waals surface area (Å²) in [5.74, 6) is 0. The zero-order valence-electron chi connectivity index (χ0n) is 9.03. The summed E-state index contributed by atoms with van der Waals surface area (Å²) in [6.45, 7) is 8.30. The first kappa shape index (κ1) is 10.3. The van der Waals surface area contributed by atoms with Gasteiger partial charge in [0.05, 0.1) is 0 Å². The monoisotopic (exact) mass is 180 g/mol. The Labute approximate surface area is 80.2 Å². The van der Waals surface area contributed by atoms with Gasteiger partial charge in [-0.25, -0.2) is 0 Å². The predicted octanol–water partition coefficient (Wildman–Crippen LogP) is 1.06. The zero-order valence-corrected chi connectivity index (χ0v) is 9.03. The van der Waals surface area contributed by atoms with Crippen LogP contribution in [-0.2, 0) is 11.7 Å². The van der Waals surface area contributed by atoms with Crippen molar-refractivity contribution in [2.24, 2.45) is 7.05 Å². The molecule has 0 atom stereocenters. The van der Waals surface area contributed by atoms with Gasteiger partial charge in [-0.2, -0.15) is 5.10 Å². The Bertz CT molecular complexity index is 277. The van der Waals surface area contributed by atoms with Crippen LogP contribution < -0.4 is 5.59 Å². The molecule has 13 heavy (non-hydrogen) atoms. The molecule has 0 radical (unpaired) electrons. The Morgan fingerprint density at radius 3 is 2.46 bits per heavy atom. The maximum absolute atomic E-state index is 5.80. The summed E-state index contributed by atoms with van der Waals surface area (Å²) in [5, 5.41) is 4.10. The van der Waals surface area contributed by atoms with Gasteiger partial charge in [0.25, 0.3) is 0 Å². The largest absolute Gasteiger partial charge is 0.425 e. The number of hydrogen-bond donors (Lipinski definition) is 0. The Morgan fingerprint density at radius 1 is 1.46 bits per heavy atom. The summed E-state index contributed by atoms with van der Waals surface area (Å²) in [6.07, 6.45) is 1.79. The molecule has 0 aliphatic heterocycles. The summed E-state index contributed by atoms with van der Waals surface area (Å²) in [7, 11) is 1.93. The van der Waals surface area contributed by atoms with Crippen LogP contribution in [0.25, 0.3) is 0 Å². The lowest BCUT2D eigenvalue weighted by atomic mass is 9.66. The fourth-order valence-corrected chi connectivity index (χ4v) is 1.37. The fraction of sp³-hybridized carbons (Fsp3) is 0.667. The van der Waals surface area contributed by atoms with Gasteiger partial charge in [0, 0.05) is 24.4 Å². The SMILES string of the molecule is CB(OC(C)(C)C)c1ccnn1C. The molecule has 0 fully saturated rings. The second kappa shape index (κ2) is 3.54. The van der Waals surface area contributed by atoms with Crippen LogP contribution in [0, 0.1) is 0 Å². The van der Waals surface area contributed by atoms with Crippen molar-refractivity contribution < 1.29 is 4.65 Å². The van der Waals surface area contributed by atoms with Crippen LogP contribution in [0.2, 0.25) is 6.82 Å². The first-order valence-corrected chi connectivity index (χ1v) is 4.56. The van der Waals surface area contributed by atoms with Crippen molar-refractivity contribution in [3.8, 4) is 0 Å². The maximum Gasteiger partial charge on any atom is 0.343 e. The van der Waals surface area contributed by atoms with Crippen LogP contribution in [0.5, 0.6) is 0 Å². The molecule has 0 N–H and O–H groups in total. The maximum atomic E-state index is 5.80. The van der Waals surface area contributed by atoms with Gasteiger partial charge in [0.2, 0.25) is 0 Å². The van der Waals surface area contributed by atoms with E-state index in [2.05, 4.69) is 25.9 Å². The average molecular weight is 180 g/mol. The van der Waals surface area contributed by atoms with Crippen molar-refractivity contribution in [1.29, 1.82) is 0 Å². The molecular formula is C9H17BN2O. The first-order valence-electron chi connectivity index (χ1n) is 4.56. The van der Waals surface area contributed by atoms with Crippen molar-refractivity contribution >= 4 is 12.5 Å². The molecular weight excluding hydrogens is 163 g/mol. The summed E-state index contributed by atoms with van der Waals surface area (Å²) in [4.78, 5) is 0. The molecule has 3 nitrogen and oxygen atoms in total. The second-order valence-corrected chi connectivity index (χ2v) is 4.25. The smallest absolute Gasteiger partial charge is 0.343 e. The summed E-state index contributed by atoms with van der Waals surface area (Å²) in [5.41, 5.74) is 0.999. The number of rotatable bonds is 2. The Morgan fingerprint density at radius 2 is 2.08 bits per heavy atom. The number of aryl methyl sites for hydroxylation is 1. The highest BCUT2D eigenvalue weighted by Gasteiger charge is 2.22. The van der Waals surface area contributed by atoms with Crippen molar-refractivity contribution in [1.82, 2.24) is 9.78 Å². The van der Waals surface area contributed by atoms with E-state index in [1.165, 1.54) is 0 Å². The van der Waals surface area contributed by atoms with Crippen LogP contribution >= 0.6 is 0 Å². The first-order chi connectivity index (χ1) is 5.90. The van der Waals surface area contributed by atoms with Gasteiger partial charge < -0.3 is 4.65 Å². The van der Waals surface area contributed by atoms with E-state index in [-0.39, 0.29) is 12.5 Å². The van der Waals surface area contributed by atoms with Crippen LogP contribution in [0.3, 0.4) is 0 Å². The average Bonchev–Trinajstić information content (AvgIpc) is 2.30. The molecule has 1 aromatic heterocycles. The molecule has 0 amide bonds. The minimum absolute atomic E-state index is 0.0903. The van der Waals surface area contributed by atoms with Crippen LogP contribution in [0.15, 0.2) is 12.3 Å². The normalized spacial score (nSPS) is 11.8. The Balaban J connectivity index is 2.69. The molecule has 0 bridgehead atoms. The van der Waals surface area contributed by atoms with Crippen molar-refractivity contribution in [2.75, 3.05) is 0 Å². The zero-order chi connectivity index (χ0) is 10.1. The standard InChI is InChI=1S/C9H17BN2O/c1-9(2,3)13-10(4)8-6-7-11-12(8)5/h6-7H,1-5H3. The third-order valence-electron chi connectivity index (χ3n) is 1.81.